The van der Waals surface area contributed by atoms with E-state index in [0.29, 0.717) is 32.6 Å². The van der Waals surface area contributed by atoms with Crippen molar-refractivity contribution >= 4 is 46.1 Å². The molecule has 0 unspecified atom stereocenters. The average Bonchev–Trinajstić information content (AvgIpc) is 3.44. The van der Waals surface area contributed by atoms with Gasteiger partial charge in [0.05, 0.1) is 26.6 Å². The van der Waals surface area contributed by atoms with Gasteiger partial charge in [-0.05, 0) is 36.2 Å². The SMILES string of the molecule is COC(=O)Cc1ccc2c(C(C)=O)cn(CC(=O)N3C[C@H](F)C[C@H]3C(=O)N(F)Cc3cccc(Cl)c3)c2c1. The topological polar surface area (TPSA) is 88.9 Å². The molecule has 2 aromatic carbocycles. The van der Waals surface area contributed by atoms with Crippen LogP contribution in [0, 0.1) is 0 Å². The molecule has 200 valence electrons. The Hall–Kier alpha value is -3.79. The van der Waals surface area contributed by atoms with Crippen LogP contribution >= 0.6 is 11.6 Å². The Morgan fingerprint density at radius 3 is 2.58 bits per heavy atom. The Morgan fingerprint density at radius 1 is 1.13 bits per heavy atom. The van der Waals surface area contributed by atoms with E-state index in [1.165, 1.54) is 30.9 Å². The number of Topliss-reactive ketones (excluding diaryl/α,β-unsaturated/α-hetero) is 1. The molecule has 1 aromatic heterocycles. The fraction of sp³-hybridized carbons (Fsp3) is 0.333. The van der Waals surface area contributed by atoms with Crippen LogP contribution in [0.2, 0.25) is 5.02 Å². The molecule has 8 nitrogen and oxygen atoms in total. The van der Waals surface area contributed by atoms with Crippen molar-refractivity contribution in [2.45, 2.75) is 45.1 Å². The number of esters is 1. The van der Waals surface area contributed by atoms with Crippen LogP contribution in [0.4, 0.5) is 8.87 Å². The molecule has 1 aliphatic heterocycles. The number of likely N-dealkylation sites (tertiary alicyclic amines) is 1. The van der Waals surface area contributed by atoms with E-state index in [2.05, 4.69) is 0 Å². The molecule has 0 bridgehead atoms. The first-order chi connectivity index (χ1) is 18.1. The highest BCUT2D eigenvalue weighted by Crippen LogP contribution is 2.27. The quantitative estimate of drug-likeness (QED) is 0.242. The van der Waals surface area contributed by atoms with Crippen LogP contribution in [0.15, 0.2) is 48.7 Å². The largest absolute Gasteiger partial charge is 0.469 e. The summed E-state index contributed by atoms with van der Waals surface area (Å²) in [7, 11) is 1.27. The highest BCUT2D eigenvalue weighted by Gasteiger charge is 2.42. The lowest BCUT2D eigenvalue weighted by atomic mass is 10.1. The van der Waals surface area contributed by atoms with Crippen molar-refractivity contribution in [1.29, 1.82) is 0 Å². The molecule has 0 N–H and O–H groups in total. The molecule has 1 fully saturated rings. The van der Waals surface area contributed by atoms with Crippen molar-refractivity contribution in [2.75, 3.05) is 13.7 Å². The highest BCUT2D eigenvalue weighted by molar-refractivity contribution is 6.30. The van der Waals surface area contributed by atoms with Gasteiger partial charge in [0.25, 0.3) is 5.91 Å². The molecule has 4 rings (SSSR count). The Morgan fingerprint density at radius 2 is 1.89 bits per heavy atom. The van der Waals surface area contributed by atoms with Crippen molar-refractivity contribution in [1.82, 2.24) is 14.6 Å². The number of alkyl halides is 1. The van der Waals surface area contributed by atoms with Crippen molar-refractivity contribution < 1.29 is 32.8 Å². The van der Waals surface area contributed by atoms with Crippen molar-refractivity contribution in [3.8, 4) is 0 Å². The number of methoxy groups -OCH3 is 1. The fourth-order valence-corrected chi connectivity index (χ4v) is 4.88. The highest BCUT2D eigenvalue weighted by atomic mass is 35.5. The summed E-state index contributed by atoms with van der Waals surface area (Å²) in [5.41, 5.74) is 1.93. The van der Waals surface area contributed by atoms with E-state index in [0.717, 1.165) is 4.90 Å². The molecule has 0 aliphatic carbocycles. The minimum absolute atomic E-state index is 0.00777. The number of carbonyl (C=O) groups excluding carboxylic acids is 4. The summed E-state index contributed by atoms with van der Waals surface area (Å²) in [4.78, 5) is 51.2. The minimum atomic E-state index is -1.49. The van der Waals surface area contributed by atoms with Gasteiger partial charge in [0.2, 0.25) is 5.91 Å². The number of hydrogen-bond donors (Lipinski definition) is 0. The first-order valence-electron chi connectivity index (χ1n) is 11.9. The molecule has 2 heterocycles. The summed E-state index contributed by atoms with van der Waals surface area (Å²) in [6.07, 6.45) is -0.317. The normalized spacial score (nSPS) is 17.0. The first-order valence-corrected chi connectivity index (χ1v) is 12.3. The number of aromatic nitrogens is 1. The van der Waals surface area contributed by atoms with E-state index in [-0.39, 0.29) is 36.8 Å². The van der Waals surface area contributed by atoms with E-state index < -0.39 is 36.5 Å². The zero-order valence-corrected chi connectivity index (χ0v) is 21.6. The molecule has 1 aliphatic rings. The smallest absolute Gasteiger partial charge is 0.309 e. The Balaban J connectivity index is 1.57. The van der Waals surface area contributed by atoms with Gasteiger partial charge >= 0.3 is 5.97 Å². The number of carbonyl (C=O) groups is 4. The molecule has 11 heteroatoms. The van der Waals surface area contributed by atoms with Gasteiger partial charge in [-0.2, -0.15) is 5.12 Å². The number of rotatable bonds is 8. The van der Waals surface area contributed by atoms with E-state index in [1.807, 2.05) is 0 Å². The number of benzene rings is 2. The predicted octanol–water partition coefficient (Wildman–Crippen LogP) is 4.07. The molecule has 3 aromatic rings. The molecule has 0 spiro atoms. The van der Waals surface area contributed by atoms with Crippen LogP contribution in [0.1, 0.15) is 34.8 Å². The van der Waals surface area contributed by atoms with Crippen LogP contribution in [0.3, 0.4) is 0 Å². The van der Waals surface area contributed by atoms with E-state index in [1.54, 1.807) is 36.4 Å². The van der Waals surface area contributed by atoms with Crippen molar-refractivity contribution in [3.63, 3.8) is 0 Å². The maximum atomic E-state index is 14.8. The number of halogens is 3. The number of ketones is 1. The lowest BCUT2D eigenvalue weighted by molar-refractivity contribution is -0.156. The maximum absolute atomic E-state index is 14.8. The molecule has 1 saturated heterocycles. The Labute approximate surface area is 222 Å². The second-order valence-corrected chi connectivity index (χ2v) is 9.65. The zero-order valence-electron chi connectivity index (χ0n) is 20.8. The molecular weight excluding hydrogens is 520 g/mol. The van der Waals surface area contributed by atoms with Gasteiger partial charge in [-0.25, -0.2) is 4.39 Å². The van der Waals surface area contributed by atoms with Crippen LogP contribution in [-0.2, 0) is 38.6 Å². The third-order valence-corrected chi connectivity index (χ3v) is 6.75. The zero-order chi connectivity index (χ0) is 27.6. The first kappa shape index (κ1) is 27.3. The van der Waals surface area contributed by atoms with Crippen LogP contribution in [0.5, 0.6) is 0 Å². The van der Waals surface area contributed by atoms with Crippen LogP contribution in [-0.4, -0.2) is 64.0 Å². The molecule has 0 radical (unpaired) electrons. The Kier molecular flexibility index (Phi) is 8.11. The van der Waals surface area contributed by atoms with Gasteiger partial charge in [-0.1, -0.05) is 40.3 Å². The summed E-state index contributed by atoms with van der Waals surface area (Å²) < 4.78 is 35.5. The summed E-state index contributed by atoms with van der Waals surface area (Å²) in [5.74, 6) is -2.31. The van der Waals surface area contributed by atoms with Gasteiger partial charge in [-0.15, -0.1) is 0 Å². The van der Waals surface area contributed by atoms with E-state index in [9.17, 15) is 28.0 Å². The number of fused-ring (bicyclic) bond motifs is 1. The second kappa shape index (κ2) is 11.3. The standard InChI is InChI=1S/C27H26ClF2N3O5/c1-16(34)22-14-31(23-9-17(6-7-21(22)23)10-26(36)38-2)15-25(35)32-13-20(29)11-24(32)27(37)33(30)12-18-4-3-5-19(28)8-18/h3-9,14,20,24H,10-13,15H2,1-2H3/t20-,24+/m1/s1. The summed E-state index contributed by atoms with van der Waals surface area (Å²) in [6, 6.07) is 10.1. The lowest BCUT2D eigenvalue weighted by Gasteiger charge is -2.26. The summed E-state index contributed by atoms with van der Waals surface area (Å²) in [6.45, 7) is 0.319. The van der Waals surface area contributed by atoms with Gasteiger partial charge in [0.15, 0.2) is 5.78 Å². The van der Waals surface area contributed by atoms with Crippen molar-refractivity contribution in [3.05, 3.63) is 70.4 Å². The van der Waals surface area contributed by atoms with Gasteiger partial charge in [0, 0.05) is 34.1 Å². The van der Waals surface area contributed by atoms with Gasteiger partial charge < -0.3 is 14.2 Å². The third kappa shape index (κ3) is 5.85. The molecule has 2 amide bonds. The monoisotopic (exact) mass is 545 g/mol. The third-order valence-electron chi connectivity index (χ3n) is 6.51. The summed E-state index contributed by atoms with van der Waals surface area (Å²) in [5, 5.41) is 0.920. The molecule has 2 atom stereocenters. The molecular formula is C27H26ClF2N3O5. The number of ether oxygens (including phenoxy) is 1. The van der Waals surface area contributed by atoms with E-state index in [4.69, 9.17) is 16.3 Å². The average molecular weight is 546 g/mol. The van der Waals surface area contributed by atoms with E-state index >= 15 is 0 Å². The fourth-order valence-electron chi connectivity index (χ4n) is 4.66. The number of amides is 2. The number of hydrogen-bond acceptors (Lipinski definition) is 5. The van der Waals surface area contributed by atoms with Gasteiger partial charge in [-0.3, -0.25) is 19.2 Å². The maximum Gasteiger partial charge on any atom is 0.309 e. The number of nitrogens with zero attached hydrogens (tertiary/aromatic N) is 3. The van der Waals surface area contributed by atoms with Crippen molar-refractivity contribution in [2.24, 2.45) is 0 Å². The predicted molar refractivity (Wildman–Crippen MR) is 136 cm³/mol. The summed E-state index contributed by atoms with van der Waals surface area (Å²) >= 11 is 5.93. The second-order valence-electron chi connectivity index (χ2n) is 9.21. The Bertz CT molecular complexity index is 1410. The minimum Gasteiger partial charge on any atom is -0.469 e. The molecule has 0 saturated carbocycles. The molecule has 38 heavy (non-hydrogen) atoms. The lowest BCUT2D eigenvalue weighted by Crippen LogP contribution is -2.46. The van der Waals surface area contributed by atoms with Gasteiger partial charge in [0.1, 0.15) is 18.8 Å². The van der Waals surface area contributed by atoms with Crippen LogP contribution in [0.25, 0.3) is 10.9 Å². The van der Waals surface area contributed by atoms with Crippen LogP contribution < -0.4 is 0 Å².